The maximum Gasteiger partial charge on any atom is 0.257 e. The highest BCUT2D eigenvalue weighted by atomic mass is 32.2. The van der Waals surface area contributed by atoms with Crippen LogP contribution in [0, 0.1) is 0 Å². The average molecular weight is 400 g/mol. The predicted molar refractivity (Wildman–Crippen MR) is 111 cm³/mol. The van der Waals surface area contributed by atoms with Gasteiger partial charge in [-0.25, -0.2) is 0 Å². The topological polar surface area (TPSA) is 54.9 Å². The Morgan fingerprint density at radius 1 is 1.00 bits per heavy atom. The van der Waals surface area contributed by atoms with Gasteiger partial charge in [0.2, 0.25) is 5.13 Å². The molecule has 2 heterocycles. The van der Waals surface area contributed by atoms with Crippen LogP contribution in [-0.4, -0.2) is 27.6 Å². The van der Waals surface area contributed by atoms with E-state index in [2.05, 4.69) is 27.6 Å². The SMILES string of the molecule is O=C(Nc1nnc(Cc2ccccc2)s1)c1ccc(C2SCCS2)cc1. The summed E-state index contributed by atoms with van der Waals surface area (Å²) in [4.78, 5) is 12.4. The van der Waals surface area contributed by atoms with Crippen LogP contribution in [0.15, 0.2) is 54.6 Å². The fourth-order valence-corrected chi connectivity index (χ4v) is 6.29. The van der Waals surface area contributed by atoms with Crippen LogP contribution in [0.3, 0.4) is 0 Å². The van der Waals surface area contributed by atoms with E-state index >= 15 is 0 Å². The van der Waals surface area contributed by atoms with E-state index in [0.29, 0.717) is 15.3 Å². The molecule has 0 unspecified atom stereocenters. The van der Waals surface area contributed by atoms with Gasteiger partial charge in [0.05, 0.1) is 4.58 Å². The third-order valence-corrected chi connectivity index (χ3v) is 7.90. The smallest absolute Gasteiger partial charge is 0.257 e. The molecule has 3 aromatic rings. The summed E-state index contributed by atoms with van der Waals surface area (Å²) < 4.78 is 0.496. The first-order valence-corrected chi connectivity index (χ1v) is 11.2. The van der Waals surface area contributed by atoms with Gasteiger partial charge < -0.3 is 0 Å². The molecular formula is C19H17N3OS3. The van der Waals surface area contributed by atoms with Gasteiger partial charge in [0.25, 0.3) is 5.91 Å². The Labute approximate surface area is 164 Å². The van der Waals surface area contributed by atoms with E-state index < -0.39 is 0 Å². The molecule has 0 radical (unpaired) electrons. The summed E-state index contributed by atoms with van der Waals surface area (Å²) >= 11 is 5.34. The lowest BCUT2D eigenvalue weighted by molar-refractivity contribution is 0.102. The number of carbonyl (C=O) groups excluding carboxylic acids is 1. The molecule has 1 aromatic heterocycles. The number of hydrogen-bond acceptors (Lipinski definition) is 6. The van der Waals surface area contributed by atoms with Crippen LogP contribution < -0.4 is 5.32 Å². The molecule has 0 spiro atoms. The van der Waals surface area contributed by atoms with Crippen molar-refractivity contribution in [1.29, 1.82) is 0 Å². The molecule has 132 valence electrons. The molecule has 0 aliphatic carbocycles. The summed E-state index contributed by atoms with van der Waals surface area (Å²) in [7, 11) is 0. The van der Waals surface area contributed by atoms with E-state index in [-0.39, 0.29) is 5.91 Å². The van der Waals surface area contributed by atoms with Crippen molar-refractivity contribution in [1.82, 2.24) is 10.2 Å². The van der Waals surface area contributed by atoms with E-state index in [9.17, 15) is 4.79 Å². The maximum atomic E-state index is 12.4. The van der Waals surface area contributed by atoms with Gasteiger partial charge in [-0.15, -0.1) is 33.7 Å². The first-order valence-electron chi connectivity index (χ1n) is 8.29. The number of amides is 1. The quantitative estimate of drug-likeness (QED) is 0.664. The highest BCUT2D eigenvalue weighted by Crippen LogP contribution is 2.45. The van der Waals surface area contributed by atoms with Crippen LogP contribution in [0.1, 0.15) is 31.1 Å². The highest BCUT2D eigenvalue weighted by molar-refractivity contribution is 8.19. The van der Waals surface area contributed by atoms with E-state index in [1.807, 2.05) is 66.0 Å². The Balaban J connectivity index is 1.38. The van der Waals surface area contributed by atoms with Gasteiger partial charge in [-0.3, -0.25) is 10.1 Å². The summed E-state index contributed by atoms with van der Waals surface area (Å²) in [5, 5.41) is 12.5. The van der Waals surface area contributed by atoms with Crippen molar-refractivity contribution in [2.45, 2.75) is 11.0 Å². The largest absolute Gasteiger partial charge is 0.296 e. The van der Waals surface area contributed by atoms with Crippen LogP contribution in [0.25, 0.3) is 0 Å². The van der Waals surface area contributed by atoms with Crippen molar-refractivity contribution in [2.75, 3.05) is 16.8 Å². The molecule has 1 amide bonds. The molecule has 0 saturated carbocycles. The summed E-state index contributed by atoms with van der Waals surface area (Å²) in [6.45, 7) is 0. The number of nitrogens with zero attached hydrogens (tertiary/aromatic N) is 2. The Kier molecular flexibility index (Phi) is 5.57. The zero-order valence-corrected chi connectivity index (χ0v) is 16.4. The van der Waals surface area contributed by atoms with Crippen LogP contribution in [0.5, 0.6) is 0 Å². The second-order valence-electron chi connectivity index (χ2n) is 5.81. The van der Waals surface area contributed by atoms with Gasteiger partial charge in [0, 0.05) is 23.5 Å². The molecule has 4 rings (SSSR count). The number of benzene rings is 2. The fraction of sp³-hybridized carbons (Fsp3) is 0.211. The summed E-state index contributed by atoms with van der Waals surface area (Å²) in [6.07, 6.45) is 0.722. The number of anilines is 1. The standard InChI is InChI=1S/C19H17N3OS3/c23-17(14-6-8-15(9-7-14)18-24-10-11-25-18)20-19-22-21-16(26-19)12-13-4-2-1-3-5-13/h1-9,18H,10-12H2,(H,20,22,23). The molecule has 0 bridgehead atoms. The van der Waals surface area contributed by atoms with Gasteiger partial charge in [0.15, 0.2) is 0 Å². The molecule has 4 nitrogen and oxygen atoms in total. The molecule has 1 aliphatic heterocycles. The van der Waals surface area contributed by atoms with Crippen molar-refractivity contribution >= 4 is 45.9 Å². The molecule has 0 atom stereocenters. The van der Waals surface area contributed by atoms with E-state index in [1.165, 1.54) is 34.0 Å². The van der Waals surface area contributed by atoms with Crippen LogP contribution in [-0.2, 0) is 6.42 Å². The number of thioether (sulfide) groups is 2. The van der Waals surface area contributed by atoms with E-state index in [4.69, 9.17) is 0 Å². The number of nitrogens with one attached hydrogen (secondary N) is 1. The normalized spacial score (nSPS) is 14.5. The van der Waals surface area contributed by atoms with Crippen LogP contribution in [0.2, 0.25) is 0 Å². The Bertz CT molecular complexity index is 875. The molecule has 1 aliphatic rings. The van der Waals surface area contributed by atoms with E-state index in [0.717, 1.165) is 11.4 Å². The molecule has 1 saturated heterocycles. The third-order valence-electron chi connectivity index (χ3n) is 3.95. The first-order chi connectivity index (χ1) is 12.8. The zero-order valence-electron chi connectivity index (χ0n) is 13.9. The van der Waals surface area contributed by atoms with Crippen molar-refractivity contribution in [3.05, 3.63) is 76.3 Å². The summed E-state index contributed by atoms with van der Waals surface area (Å²) in [5.74, 6) is 2.24. The molecule has 2 aromatic carbocycles. The number of hydrogen-bond donors (Lipinski definition) is 1. The molecular weight excluding hydrogens is 382 g/mol. The number of rotatable bonds is 5. The second-order valence-corrected chi connectivity index (χ2v) is 9.60. The second kappa shape index (κ2) is 8.24. The van der Waals surface area contributed by atoms with Crippen molar-refractivity contribution in [2.24, 2.45) is 0 Å². The van der Waals surface area contributed by atoms with Gasteiger partial charge >= 0.3 is 0 Å². The lowest BCUT2D eigenvalue weighted by atomic mass is 10.1. The van der Waals surface area contributed by atoms with E-state index in [1.54, 1.807) is 0 Å². The zero-order chi connectivity index (χ0) is 17.8. The third kappa shape index (κ3) is 4.28. The molecule has 1 N–H and O–H groups in total. The minimum Gasteiger partial charge on any atom is -0.296 e. The van der Waals surface area contributed by atoms with Gasteiger partial charge in [-0.2, -0.15) is 0 Å². The molecule has 1 fully saturated rings. The molecule has 26 heavy (non-hydrogen) atoms. The Morgan fingerprint density at radius 2 is 1.73 bits per heavy atom. The monoisotopic (exact) mass is 399 g/mol. The highest BCUT2D eigenvalue weighted by Gasteiger charge is 2.18. The summed E-state index contributed by atoms with van der Waals surface area (Å²) in [5.41, 5.74) is 3.09. The Morgan fingerprint density at radius 3 is 2.46 bits per heavy atom. The van der Waals surface area contributed by atoms with Crippen molar-refractivity contribution in [3.63, 3.8) is 0 Å². The van der Waals surface area contributed by atoms with Gasteiger partial charge in [-0.1, -0.05) is 53.8 Å². The number of aromatic nitrogens is 2. The minimum absolute atomic E-state index is 0.148. The Hall–Kier alpha value is -1.83. The van der Waals surface area contributed by atoms with Crippen molar-refractivity contribution in [3.8, 4) is 0 Å². The van der Waals surface area contributed by atoms with Crippen LogP contribution in [0.4, 0.5) is 5.13 Å². The van der Waals surface area contributed by atoms with Crippen LogP contribution >= 0.6 is 34.9 Å². The van der Waals surface area contributed by atoms with Gasteiger partial charge in [0.1, 0.15) is 5.01 Å². The minimum atomic E-state index is -0.148. The number of carbonyl (C=O) groups is 1. The van der Waals surface area contributed by atoms with Gasteiger partial charge in [-0.05, 0) is 23.3 Å². The maximum absolute atomic E-state index is 12.4. The molecule has 7 heteroatoms. The average Bonchev–Trinajstić information content (AvgIpc) is 3.35. The summed E-state index contributed by atoms with van der Waals surface area (Å²) in [6, 6.07) is 18.0. The first kappa shape index (κ1) is 17.6. The van der Waals surface area contributed by atoms with Crippen molar-refractivity contribution < 1.29 is 4.79 Å². The fourth-order valence-electron chi connectivity index (χ4n) is 2.66. The lowest BCUT2D eigenvalue weighted by Crippen LogP contribution is -2.11. The predicted octanol–water partition coefficient (Wildman–Crippen LogP) is 4.86. The lowest BCUT2D eigenvalue weighted by Gasteiger charge is -2.08.